The van der Waals surface area contributed by atoms with Crippen LogP contribution >= 0.6 is 15.9 Å². The van der Waals surface area contributed by atoms with Crippen LogP contribution in [0.2, 0.25) is 0 Å². The Kier molecular flexibility index (Phi) is 3.21. The van der Waals surface area contributed by atoms with Crippen LogP contribution < -0.4 is 11.1 Å². The fraction of sp³-hybridized carbons (Fsp3) is 0.200. The number of nitrogens with one attached hydrogen (secondary N) is 1. The van der Waals surface area contributed by atoms with Crippen LogP contribution in [-0.4, -0.2) is 10.2 Å². The first kappa shape index (κ1) is 11.1. The highest BCUT2D eigenvalue weighted by Gasteiger charge is 2.06. The first-order chi connectivity index (χ1) is 7.69. The third-order valence-electron chi connectivity index (χ3n) is 2.00. The summed E-state index contributed by atoms with van der Waals surface area (Å²) < 4.78 is 6.19. The number of halogens is 1. The fourth-order valence-electron chi connectivity index (χ4n) is 1.24. The minimum absolute atomic E-state index is 0.240. The molecular weight excluding hydrogens is 272 g/mol. The van der Waals surface area contributed by atoms with Crippen LogP contribution in [0, 0.1) is 6.92 Å². The number of rotatable bonds is 3. The van der Waals surface area contributed by atoms with E-state index >= 15 is 0 Å². The zero-order valence-corrected chi connectivity index (χ0v) is 10.3. The van der Waals surface area contributed by atoms with Gasteiger partial charge in [-0.1, -0.05) is 11.2 Å². The molecule has 5 nitrogen and oxygen atoms in total. The highest BCUT2D eigenvalue weighted by atomic mass is 79.9. The molecule has 0 aliphatic carbocycles. The van der Waals surface area contributed by atoms with Crippen molar-refractivity contribution in [3.05, 3.63) is 34.1 Å². The van der Waals surface area contributed by atoms with Gasteiger partial charge in [0.05, 0.1) is 12.2 Å². The second-order valence-electron chi connectivity index (χ2n) is 3.31. The van der Waals surface area contributed by atoms with Gasteiger partial charge in [-0.3, -0.25) is 0 Å². The van der Waals surface area contributed by atoms with E-state index in [4.69, 9.17) is 10.2 Å². The predicted octanol–water partition coefficient (Wildman–Crippen LogP) is 2.34. The lowest BCUT2D eigenvalue weighted by atomic mass is 10.2. The van der Waals surface area contributed by atoms with Crippen molar-refractivity contribution >= 4 is 27.6 Å². The molecule has 0 spiro atoms. The van der Waals surface area contributed by atoms with Gasteiger partial charge in [-0.15, -0.1) is 5.10 Å². The first-order valence-corrected chi connectivity index (χ1v) is 5.54. The minimum atomic E-state index is 0.240. The van der Waals surface area contributed by atoms with Gasteiger partial charge in [0.15, 0.2) is 0 Å². The summed E-state index contributed by atoms with van der Waals surface area (Å²) in [4.78, 5) is 0. The van der Waals surface area contributed by atoms with E-state index in [1.807, 2.05) is 25.1 Å². The normalized spacial score (nSPS) is 10.4. The Morgan fingerprint density at radius 2 is 2.25 bits per heavy atom. The maximum Gasteiger partial charge on any atom is 0.320 e. The van der Waals surface area contributed by atoms with Crippen LogP contribution in [0.1, 0.15) is 11.5 Å². The van der Waals surface area contributed by atoms with E-state index in [1.54, 1.807) is 0 Å². The van der Waals surface area contributed by atoms with Crippen molar-refractivity contribution in [2.75, 3.05) is 5.32 Å². The topological polar surface area (TPSA) is 77.0 Å². The average molecular weight is 283 g/mol. The summed E-state index contributed by atoms with van der Waals surface area (Å²) >= 11 is 3.43. The van der Waals surface area contributed by atoms with Crippen LogP contribution in [0.15, 0.2) is 27.1 Å². The molecule has 16 heavy (non-hydrogen) atoms. The van der Waals surface area contributed by atoms with Crippen molar-refractivity contribution in [1.29, 1.82) is 0 Å². The van der Waals surface area contributed by atoms with E-state index < -0.39 is 0 Å². The molecule has 0 unspecified atom stereocenters. The zero-order valence-electron chi connectivity index (χ0n) is 8.70. The van der Waals surface area contributed by atoms with Crippen LogP contribution in [-0.2, 0) is 6.54 Å². The smallest absolute Gasteiger partial charge is 0.320 e. The number of nitrogens with zero attached hydrogens (tertiary/aromatic N) is 2. The van der Waals surface area contributed by atoms with Crippen LogP contribution in [0.25, 0.3) is 0 Å². The van der Waals surface area contributed by atoms with Gasteiger partial charge in [0.1, 0.15) is 0 Å². The van der Waals surface area contributed by atoms with E-state index in [2.05, 4.69) is 31.4 Å². The highest BCUT2D eigenvalue weighted by Crippen LogP contribution is 2.26. The Morgan fingerprint density at radius 3 is 2.94 bits per heavy atom. The van der Waals surface area contributed by atoms with E-state index in [0.717, 1.165) is 15.7 Å². The molecule has 0 fully saturated rings. The summed E-state index contributed by atoms with van der Waals surface area (Å²) in [6, 6.07) is 6.29. The second kappa shape index (κ2) is 4.63. The summed E-state index contributed by atoms with van der Waals surface area (Å²) in [5, 5.41) is 10.6. The summed E-state index contributed by atoms with van der Waals surface area (Å²) in [5.41, 5.74) is 7.40. The van der Waals surface area contributed by atoms with Gasteiger partial charge in [-0.05, 0) is 40.5 Å². The number of aryl methyl sites for hydroxylation is 1. The molecule has 0 aliphatic heterocycles. The third kappa shape index (κ3) is 2.40. The maximum absolute atomic E-state index is 5.38. The standard InChI is InChI=1S/C10H11BrN4O/c1-6-2-3-7(11)8(4-6)13-10-15-14-9(5-12)16-10/h2-4H,5,12H2,1H3,(H,13,15). The molecule has 0 saturated carbocycles. The quantitative estimate of drug-likeness (QED) is 0.904. The molecule has 0 aliphatic rings. The van der Waals surface area contributed by atoms with Crippen LogP contribution in [0.5, 0.6) is 0 Å². The minimum Gasteiger partial charge on any atom is -0.406 e. The molecule has 1 aromatic heterocycles. The van der Waals surface area contributed by atoms with Crippen molar-refractivity contribution in [3.8, 4) is 0 Å². The number of nitrogens with two attached hydrogens (primary N) is 1. The van der Waals surface area contributed by atoms with Gasteiger partial charge < -0.3 is 15.5 Å². The highest BCUT2D eigenvalue weighted by molar-refractivity contribution is 9.10. The Labute approximate surface area is 101 Å². The monoisotopic (exact) mass is 282 g/mol. The van der Waals surface area contributed by atoms with Gasteiger partial charge in [-0.25, -0.2) is 0 Å². The van der Waals surface area contributed by atoms with E-state index in [9.17, 15) is 0 Å². The molecule has 1 aromatic carbocycles. The Bertz CT molecular complexity index is 497. The number of anilines is 2. The van der Waals surface area contributed by atoms with E-state index in [-0.39, 0.29) is 6.54 Å². The molecule has 0 saturated heterocycles. The predicted molar refractivity (Wildman–Crippen MR) is 64.4 cm³/mol. The number of hydrogen-bond donors (Lipinski definition) is 2. The molecule has 0 atom stereocenters. The molecule has 0 amide bonds. The number of benzene rings is 1. The maximum atomic E-state index is 5.38. The van der Waals surface area contributed by atoms with Crippen LogP contribution in [0.3, 0.4) is 0 Å². The molecule has 2 aromatic rings. The second-order valence-corrected chi connectivity index (χ2v) is 4.17. The van der Waals surface area contributed by atoms with E-state index in [0.29, 0.717) is 11.9 Å². The van der Waals surface area contributed by atoms with Gasteiger partial charge in [0.2, 0.25) is 5.89 Å². The molecule has 3 N–H and O–H groups in total. The lowest BCUT2D eigenvalue weighted by molar-refractivity contribution is 0.511. The summed E-state index contributed by atoms with van der Waals surface area (Å²) in [5.74, 6) is 0.409. The van der Waals surface area contributed by atoms with Gasteiger partial charge in [-0.2, -0.15) is 0 Å². The Balaban J connectivity index is 2.22. The molecule has 1 heterocycles. The Hall–Kier alpha value is -1.40. The molecule has 2 rings (SSSR count). The van der Waals surface area contributed by atoms with Crippen molar-refractivity contribution in [3.63, 3.8) is 0 Å². The third-order valence-corrected chi connectivity index (χ3v) is 2.70. The first-order valence-electron chi connectivity index (χ1n) is 4.74. The van der Waals surface area contributed by atoms with Gasteiger partial charge in [0.25, 0.3) is 0 Å². The van der Waals surface area contributed by atoms with Gasteiger partial charge in [0, 0.05) is 4.47 Å². The molecule has 84 valence electrons. The lowest BCUT2D eigenvalue weighted by Crippen LogP contribution is -1.95. The summed E-state index contributed by atoms with van der Waals surface area (Å²) in [7, 11) is 0. The molecule has 0 bridgehead atoms. The van der Waals surface area contributed by atoms with Crippen molar-refractivity contribution in [1.82, 2.24) is 10.2 Å². The Morgan fingerprint density at radius 1 is 1.44 bits per heavy atom. The van der Waals surface area contributed by atoms with Crippen LogP contribution in [0.4, 0.5) is 11.7 Å². The lowest BCUT2D eigenvalue weighted by Gasteiger charge is -2.04. The molecular formula is C10H11BrN4O. The fourth-order valence-corrected chi connectivity index (χ4v) is 1.58. The van der Waals surface area contributed by atoms with Gasteiger partial charge >= 0.3 is 6.01 Å². The van der Waals surface area contributed by atoms with Crippen molar-refractivity contribution in [2.24, 2.45) is 5.73 Å². The number of aromatic nitrogens is 2. The van der Waals surface area contributed by atoms with E-state index in [1.165, 1.54) is 0 Å². The largest absolute Gasteiger partial charge is 0.406 e. The van der Waals surface area contributed by atoms with Crippen molar-refractivity contribution < 1.29 is 4.42 Å². The SMILES string of the molecule is Cc1ccc(Br)c(Nc2nnc(CN)o2)c1. The zero-order chi connectivity index (χ0) is 11.5. The average Bonchev–Trinajstić information content (AvgIpc) is 2.71. The summed E-state index contributed by atoms with van der Waals surface area (Å²) in [6.45, 7) is 2.25. The van der Waals surface area contributed by atoms with Crippen molar-refractivity contribution in [2.45, 2.75) is 13.5 Å². The molecule has 0 radical (unpaired) electrons. The molecule has 6 heteroatoms. The number of hydrogen-bond acceptors (Lipinski definition) is 5. The summed E-state index contributed by atoms with van der Waals surface area (Å²) in [6.07, 6.45) is 0.